The summed E-state index contributed by atoms with van der Waals surface area (Å²) in [6.45, 7) is 4.80. The van der Waals surface area contributed by atoms with Crippen LogP contribution in [0.1, 0.15) is 37.0 Å². The lowest BCUT2D eigenvalue weighted by atomic mass is 10.1. The van der Waals surface area contributed by atoms with Gasteiger partial charge in [-0.05, 0) is 37.0 Å². The first-order chi connectivity index (χ1) is 11.8. The third kappa shape index (κ3) is 5.19. The Kier molecular flexibility index (Phi) is 6.42. The second kappa shape index (κ2) is 8.34. The van der Waals surface area contributed by atoms with Crippen LogP contribution in [-0.2, 0) is 14.3 Å². The number of methoxy groups -OCH3 is 1. The van der Waals surface area contributed by atoms with E-state index in [4.69, 9.17) is 11.6 Å². The molecule has 6 nitrogen and oxygen atoms in total. The lowest BCUT2D eigenvalue weighted by Crippen LogP contribution is -2.28. The average molecular weight is 367 g/mol. The maximum Gasteiger partial charge on any atom is 0.337 e. The summed E-state index contributed by atoms with van der Waals surface area (Å²) in [6, 6.07) is 4.50. The summed E-state index contributed by atoms with van der Waals surface area (Å²) < 4.78 is 4.65. The molecule has 0 bridgehead atoms. The minimum absolute atomic E-state index is 0.0878. The number of carbonyl (C=O) groups is 3. The van der Waals surface area contributed by atoms with E-state index < -0.39 is 5.97 Å². The van der Waals surface area contributed by atoms with Gasteiger partial charge in [0.2, 0.25) is 11.8 Å². The van der Waals surface area contributed by atoms with E-state index in [0.717, 1.165) is 6.42 Å². The molecule has 0 saturated heterocycles. The van der Waals surface area contributed by atoms with Crippen LogP contribution in [-0.4, -0.2) is 31.4 Å². The van der Waals surface area contributed by atoms with Crippen molar-refractivity contribution in [2.45, 2.75) is 26.7 Å². The highest BCUT2D eigenvalue weighted by Gasteiger charge is 2.48. The van der Waals surface area contributed by atoms with Gasteiger partial charge < -0.3 is 15.4 Å². The van der Waals surface area contributed by atoms with Crippen molar-refractivity contribution in [1.82, 2.24) is 5.32 Å². The number of hydrogen-bond donors (Lipinski definition) is 2. The number of rotatable bonds is 7. The van der Waals surface area contributed by atoms with Gasteiger partial charge in [-0.25, -0.2) is 4.79 Å². The molecule has 2 N–H and O–H groups in total. The van der Waals surface area contributed by atoms with Crippen LogP contribution in [0.2, 0.25) is 5.02 Å². The average Bonchev–Trinajstić information content (AvgIpc) is 3.36. The van der Waals surface area contributed by atoms with Gasteiger partial charge in [-0.15, -0.1) is 0 Å². The SMILES string of the molecule is COC(=O)c1ccc(Cl)c(NC(=O)C2CC2C(=O)NCCC(C)C)c1. The van der Waals surface area contributed by atoms with E-state index in [1.165, 1.54) is 25.3 Å². The molecule has 0 spiro atoms. The van der Waals surface area contributed by atoms with E-state index in [1.54, 1.807) is 0 Å². The van der Waals surface area contributed by atoms with E-state index in [2.05, 4.69) is 29.2 Å². The number of halogens is 1. The monoisotopic (exact) mass is 366 g/mol. The minimum Gasteiger partial charge on any atom is -0.465 e. The van der Waals surface area contributed by atoms with Crippen molar-refractivity contribution in [2.75, 3.05) is 19.0 Å². The van der Waals surface area contributed by atoms with Gasteiger partial charge >= 0.3 is 5.97 Å². The molecule has 25 heavy (non-hydrogen) atoms. The van der Waals surface area contributed by atoms with Gasteiger partial charge in [-0.1, -0.05) is 25.4 Å². The van der Waals surface area contributed by atoms with Gasteiger partial charge in [0.15, 0.2) is 0 Å². The van der Waals surface area contributed by atoms with Gasteiger partial charge in [-0.2, -0.15) is 0 Å². The molecule has 1 saturated carbocycles. The lowest BCUT2D eigenvalue weighted by molar-refractivity contribution is -0.125. The van der Waals surface area contributed by atoms with Gasteiger partial charge in [-0.3, -0.25) is 9.59 Å². The number of ether oxygens (including phenoxy) is 1. The molecule has 2 unspecified atom stereocenters. The number of nitrogens with one attached hydrogen (secondary N) is 2. The molecule has 0 aliphatic heterocycles. The van der Waals surface area contributed by atoms with Gasteiger partial charge in [0.05, 0.1) is 35.2 Å². The summed E-state index contributed by atoms with van der Waals surface area (Å²) >= 11 is 6.06. The topological polar surface area (TPSA) is 84.5 Å². The number of anilines is 1. The number of esters is 1. The van der Waals surface area contributed by atoms with Crippen LogP contribution in [0.3, 0.4) is 0 Å². The zero-order chi connectivity index (χ0) is 18.6. The fraction of sp³-hybridized carbons (Fsp3) is 0.500. The van der Waals surface area contributed by atoms with Crippen molar-refractivity contribution in [3.8, 4) is 0 Å². The molecule has 0 radical (unpaired) electrons. The quantitative estimate of drug-likeness (QED) is 0.727. The number of carbonyl (C=O) groups excluding carboxylic acids is 3. The van der Waals surface area contributed by atoms with Gasteiger partial charge in [0, 0.05) is 6.54 Å². The lowest BCUT2D eigenvalue weighted by Gasteiger charge is -2.09. The Morgan fingerprint density at radius 2 is 1.92 bits per heavy atom. The van der Waals surface area contributed by atoms with Crippen LogP contribution in [0.4, 0.5) is 5.69 Å². The molecule has 0 aromatic heterocycles. The number of benzene rings is 1. The second-order valence-corrected chi connectivity index (χ2v) is 7.00. The van der Waals surface area contributed by atoms with Crippen molar-refractivity contribution in [3.63, 3.8) is 0 Å². The fourth-order valence-electron chi connectivity index (χ4n) is 2.48. The van der Waals surface area contributed by atoms with E-state index in [0.29, 0.717) is 35.2 Å². The second-order valence-electron chi connectivity index (χ2n) is 6.60. The first-order valence-electron chi connectivity index (χ1n) is 8.30. The Hall–Kier alpha value is -2.08. The normalized spacial score (nSPS) is 18.6. The third-order valence-electron chi connectivity index (χ3n) is 4.13. The van der Waals surface area contributed by atoms with Gasteiger partial charge in [0.1, 0.15) is 0 Å². The summed E-state index contributed by atoms with van der Waals surface area (Å²) in [5.41, 5.74) is 0.626. The molecule has 7 heteroatoms. The first-order valence-corrected chi connectivity index (χ1v) is 8.67. The van der Waals surface area contributed by atoms with Crippen molar-refractivity contribution >= 4 is 35.1 Å². The molecule has 136 valence electrons. The highest BCUT2D eigenvalue weighted by Crippen LogP contribution is 2.40. The van der Waals surface area contributed by atoms with E-state index in [-0.39, 0.29) is 23.7 Å². The Morgan fingerprint density at radius 1 is 1.24 bits per heavy atom. The van der Waals surface area contributed by atoms with Crippen LogP contribution in [0.25, 0.3) is 0 Å². The molecule has 1 aliphatic rings. The third-order valence-corrected chi connectivity index (χ3v) is 4.46. The first kappa shape index (κ1) is 19.2. The molecule has 1 fully saturated rings. The Bertz CT molecular complexity index is 675. The number of hydrogen-bond acceptors (Lipinski definition) is 4. The molecule has 2 atom stereocenters. The zero-order valence-electron chi connectivity index (χ0n) is 14.6. The summed E-state index contributed by atoms with van der Waals surface area (Å²) in [4.78, 5) is 35.9. The van der Waals surface area contributed by atoms with E-state index >= 15 is 0 Å². The van der Waals surface area contributed by atoms with Crippen LogP contribution in [0.5, 0.6) is 0 Å². The molecular formula is C18H23ClN2O4. The largest absolute Gasteiger partial charge is 0.465 e. The predicted molar refractivity (Wildman–Crippen MR) is 95.5 cm³/mol. The van der Waals surface area contributed by atoms with Crippen LogP contribution >= 0.6 is 11.6 Å². The van der Waals surface area contributed by atoms with Crippen LogP contribution in [0, 0.1) is 17.8 Å². The summed E-state index contributed by atoms with van der Waals surface area (Å²) in [7, 11) is 1.28. The van der Waals surface area contributed by atoms with Crippen molar-refractivity contribution in [2.24, 2.45) is 17.8 Å². The highest BCUT2D eigenvalue weighted by atomic mass is 35.5. The summed E-state index contributed by atoms with van der Waals surface area (Å²) in [5, 5.41) is 5.87. The minimum atomic E-state index is -0.513. The Morgan fingerprint density at radius 3 is 2.56 bits per heavy atom. The fourth-order valence-corrected chi connectivity index (χ4v) is 2.65. The van der Waals surface area contributed by atoms with Gasteiger partial charge in [0.25, 0.3) is 0 Å². The molecule has 2 amide bonds. The standard InChI is InChI=1S/C18H23ClN2O4/c1-10(2)6-7-20-16(22)12-9-13(12)17(23)21-15-8-11(18(24)25-3)4-5-14(15)19/h4-5,8,10,12-13H,6-7,9H2,1-3H3,(H,20,22)(H,21,23). The van der Waals surface area contributed by atoms with E-state index in [1.807, 2.05) is 0 Å². The number of amides is 2. The maximum absolute atomic E-state index is 12.3. The predicted octanol–water partition coefficient (Wildman–Crippen LogP) is 2.86. The molecule has 1 aromatic rings. The van der Waals surface area contributed by atoms with Crippen molar-refractivity contribution < 1.29 is 19.1 Å². The molecule has 0 heterocycles. The zero-order valence-corrected chi connectivity index (χ0v) is 15.4. The van der Waals surface area contributed by atoms with Crippen molar-refractivity contribution in [1.29, 1.82) is 0 Å². The Balaban J connectivity index is 1.91. The molecule has 2 rings (SSSR count). The molecular weight excluding hydrogens is 344 g/mol. The maximum atomic E-state index is 12.3. The van der Waals surface area contributed by atoms with E-state index in [9.17, 15) is 14.4 Å². The molecule has 1 aromatic carbocycles. The van der Waals surface area contributed by atoms with Crippen LogP contribution in [0.15, 0.2) is 18.2 Å². The van der Waals surface area contributed by atoms with Crippen LogP contribution < -0.4 is 10.6 Å². The smallest absolute Gasteiger partial charge is 0.337 e. The summed E-state index contributed by atoms with van der Waals surface area (Å²) in [6.07, 6.45) is 1.43. The summed E-state index contributed by atoms with van der Waals surface area (Å²) in [5.74, 6) is -1.02. The Labute approximate surface area is 152 Å². The molecule has 1 aliphatic carbocycles. The van der Waals surface area contributed by atoms with Crippen molar-refractivity contribution in [3.05, 3.63) is 28.8 Å². The highest BCUT2D eigenvalue weighted by molar-refractivity contribution is 6.34.